The summed E-state index contributed by atoms with van der Waals surface area (Å²) in [5.74, 6) is -0.913. The van der Waals surface area contributed by atoms with Crippen LogP contribution in [0, 0.1) is 17.0 Å². The Hall–Kier alpha value is -2.11. The molecule has 6 nitrogen and oxygen atoms in total. The van der Waals surface area contributed by atoms with Crippen LogP contribution in [-0.4, -0.2) is 29.1 Å². The second kappa shape index (κ2) is 6.00. The van der Waals surface area contributed by atoms with Crippen molar-refractivity contribution >= 4 is 17.3 Å². The average Bonchev–Trinajstić information content (AvgIpc) is 2.29. The number of carbonyl (C=O) groups is 1. The van der Waals surface area contributed by atoms with Gasteiger partial charge in [0.05, 0.1) is 11.3 Å². The van der Waals surface area contributed by atoms with Crippen molar-refractivity contribution in [2.24, 2.45) is 0 Å². The van der Waals surface area contributed by atoms with Gasteiger partial charge in [-0.3, -0.25) is 14.9 Å². The number of nitrogens with zero attached hydrogens (tertiary/aromatic N) is 2. The number of para-hydroxylation sites is 1. The number of carboxylic acids is 1. The molecule has 0 aliphatic carbocycles. The molecule has 98 valence electrons. The number of nitro groups is 1. The summed E-state index contributed by atoms with van der Waals surface area (Å²) < 4.78 is 0. The van der Waals surface area contributed by atoms with E-state index in [1.54, 1.807) is 30.0 Å². The van der Waals surface area contributed by atoms with Crippen LogP contribution in [0.25, 0.3) is 0 Å². The Bertz CT molecular complexity index is 459. The summed E-state index contributed by atoms with van der Waals surface area (Å²) in [6.07, 6.45) is -0.0427. The highest BCUT2D eigenvalue weighted by molar-refractivity contribution is 5.70. The van der Waals surface area contributed by atoms with Crippen molar-refractivity contribution in [2.75, 3.05) is 18.0 Å². The molecule has 0 amide bonds. The summed E-state index contributed by atoms with van der Waals surface area (Å²) in [6.45, 7) is 4.30. The fourth-order valence-corrected chi connectivity index (χ4v) is 1.82. The Morgan fingerprint density at radius 3 is 2.67 bits per heavy atom. The van der Waals surface area contributed by atoms with Crippen LogP contribution < -0.4 is 4.90 Å². The molecule has 0 bridgehead atoms. The van der Waals surface area contributed by atoms with Crippen LogP contribution in [-0.2, 0) is 4.79 Å². The smallest absolute Gasteiger partial charge is 0.305 e. The van der Waals surface area contributed by atoms with Gasteiger partial charge in [-0.15, -0.1) is 0 Å². The molecule has 0 heterocycles. The molecule has 1 N–H and O–H groups in total. The number of aryl methyl sites for hydroxylation is 1. The van der Waals surface area contributed by atoms with Crippen molar-refractivity contribution in [3.8, 4) is 0 Å². The highest BCUT2D eigenvalue weighted by atomic mass is 16.6. The minimum absolute atomic E-state index is 0.0427. The van der Waals surface area contributed by atoms with Gasteiger partial charge in [-0.1, -0.05) is 12.1 Å². The van der Waals surface area contributed by atoms with Gasteiger partial charge in [0.15, 0.2) is 0 Å². The summed E-state index contributed by atoms with van der Waals surface area (Å²) in [5.41, 5.74) is 1.10. The van der Waals surface area contributed by atoms with Crippen LogP contribution in [0.2, 0.25) is 0 Å². The third kappa shape index (κ3) is 3.19. The molecule has 0 saturated heterocycles. The molecule has 1 rings (SSSR count). The molecule has 0 spiro atoms. The first-order valence-electron chi connectivity index (χ1n) is 5.68. The van der Waals surface area contributed by atoms with E-state index in [4.69, 9.17) is 5.11 Å². The van der Waals surface area contributed by atoms with Gasteiger partial charge in [0.1, 0.15) is 5.69 Å². The van der Waals surface area contributed by atoms with Gasteiger partial charge in [-0.05, 0) is 19.9 Å². The fraction of sp³-hybridized carbons (Fsp3) is 0.417. The first kappa shape index (κ1) is 14.0. The summed E-state index contributed by atoms with van der Waals surface area (Å²) >= 11 is 0. The van der Waals surface area contributed by atoms with E-state index in [1.165, 1.54) is 0 Å². The van der Waals surface area contributed by atoms with Gasteiger partial charge < -0.3 is 10.0 Å². The van der Waals surface area contributed by atoms with Crippen LogP contribution in [0.15, 0.2) is 18.2 Å². The molecule has 0 radical (unpaired) electrons. The molecule has 1 aromatic carbocycles. The monoisotopic (exact) mass is 252 g/mol. The summed E-state index contributed by atoms with van der Waals surface area (Å²) in [6, 6.07) is 5.06. The summed E-state index contributed by atoms with van der Waals surface area (Å²) in [7, 11) is 0. The Morgan fingerprint density at radius 2 is 2.17 bits per heavy atom. The van der Waals surface area contributed by atoms with Crippen molar-refractivity contribution in [3.63, 3.8) is 0 Å². The maximum absolute atomic E-state index is 11.1. The Balaban J connectivity index is 3.08. The standard InChI is InChI=1S/C12H16N2O4/c1-3-13(8-7-11(15)16)10-6-4-5-9(2)12(10)14(17)18/h4-6H,3,7-8H2,1-2H3,(H,15,16). The number of nitro benzene ring substituents is 1. The van der Waals surface area contributed by atoms with E-state index in [1.807, 2.05) is 6.92 Å². The van der Waals surface area contributed by atoms with Gasteiger partial charge in [-0.2, -0.15) is 0 Å². The lowest BCUT2D eigenvalue weighted by molar-refractivity contribution is -0.384. The van der Waals surface area contributed by atoms with E-state index in [0.717, 1.165) is 0 Å². The summed E-state index contributed by atoms with van der Waals surface area (Å²) in [5, 5.41) is 19.7. The van der Waals surface area contributed by atoms with Gasteiger partial charge in [0.25, 0.3) is 5.69 Å². The van der Waals surface area contributed by atoms with E-state index in [-0.39, 0.29) is 18.7 Å². The zero-order valence-electron chi connectivity index (χ0n) is 10.4. The number of aliphatic carboxylic acids is 1. The molecule has 0 saturated carbocycles. The number of rotatable bonds is 6. The molecule has 0 aliphatic rings. The lowest BCUT2D eigenvalue weighted by atomic mass is 10.1. The third-order valence-electron chi connectivity index (χ3n) is 2.72. The van der Waals surface area contributed by atoms with E-state index >= 15 is 0 Å². The molecule has 0 unspecified atom stereocenters. The van der Waals surface area contributed by atoms with Crippen LogP contribution in [0.1, 0.15) is 18.9 Å². The number of anilines is 1. The topological polar surface area (TPSA) is 83.7 Å². The maximum Gasteiger partial charge on any atom is 0.305 e. The zero-order chi connectivity index (χ0) is 13.7. The van der Waals surface area contributed by atoms with Gasteiger partial charge >= 0.3 is 5.97 Å². The molecule has 0 aliphatic heterocycles. The second-order valence-electron chi connectivity index (χ2n) is 3.92. The number of hydrogen-bond donors (Lipinski definition) is 1. The highest BCUT2D eigenvalue weighted by Gasteiger charge is 2.21. The molecule has 0 aromatic heterocycles. The fourth-order valence-electron chi connectivity index (χ4n) is 1.82. The van der Waals surface area contributed by atoms with Crippen LogP contribution >= 0.6 is 0 Å². The average molecular weight is 252 g/mol. The largest absolute Gasteiger partial charge is 0.481 e. The minimum atomic E-state index is -0.913. The second-order valence-corrected chi connectivity index (χ2v) is 3.92. The molecule has 6 heteroatoms. The van der Waals surface area contributed by atoms with Crippen molar-refractivity contribution in [1.82, 2.24) is 0 Å². The SMILES string of the molecule is CCN(CCC(=O)O)c1cccc(C)c1[N+](=O)[O-]. The van der Waals surface area contributed by atoms with Gasteiger partial charge in [-0.25, -0.2) is 0 Å². The van der Waals surface area contributed by atoms with Crippen molar-refractivity contribution in [1.29, 1.82) is 0 Å². The molecule has 1 aromatic rings. The normalized spacial score (nSPS) is 10.1. The predicted molar refractivity (Wildman–Crippen MR) is 68.0 cm³/mol. The molecular formula is C12H16N2O4. The summed E-state index contributed by atoms with van der Waals surface area (Å²) in [4.78, 5) is 22.9. The Labute approximate surface area is 105 Å². The van der Waals surface area contributed by atoms with E-state index in [2.05, 4.69) is 0 Å². The number of carboxylic acid groups (broad SMARTS) is 1. The molecule has 0 fully saturated rings. The van der Waals surface area contributed by atoms with Gasteiger partial charge in [0, 0.05) is 18.7 Å². The first-order chi connectivity index (χ1) is 8.47. The first-order valence-corrected chi connectivity index (χ1v) is 5.68. The van der Waals surface area contributed by atoms with Crippen molar-refractivity contribution in [2.45, 2.75) is 20.3 Å². The molecule has 18 heavy (non-hydrogen) atoms. The quantitative estimate of drug-likeness (QED) is 0.619. The van der Waals surface area contributed by atoms with Crippen LogP contribution in [0.3, 0.4) is 0 Å². The Morgan fingerprint density at radius 1 is 1.50 bits per heavy atom. The highest BCUT2D eigenvalue weighted by Crippen LogP contribution is 2.31. The van der Waals surface area contributed by atoms with Crippen LogP contribution in [0.4, 0.5) is 11.4 Å². The van der Waals surface area contributed by atoms with E-state index in [9.17, 15) is 14.9 Å². The predicted octanol–water partition coefficient (Wildman–Crippen LogP) is 2.20. The van der Waals surface area contributed by atoms with E-state index in [0.29, 0.717) is 17.8 Å². The maximum atomic E-state index is 11.1. The molecular weight excluding hydrogens is 236 g/mol. The van der Waals surface area contributed by atoms with E-state index < -0.39 is 10.9 Å². The van der Waals surface area contributed by atoms with Crippen molar-refractivity contribution < 1.29 is 14.8 Å². The minimum Gasteiger partial charge on any atom is -0.481 e. The third-order valence-corrected chi connectivity index (χ3v) is 2.72. The Kier molecular flexibility index (Phi) is 4.65. The van der Waals surface area contributed by atoms with Gasteiger partial charge in [0.2, 0.25) is 0 Å². The van der Waals surface area contributed by atoms with Crippen molar-refractivity contribution in [3.05, 3.63) is 33.9 Å². The zero-order valence-corrected chi connectivity index (χ0v) is 10.4. The number of hydrogen-bond acceptors (Lipinski definition) is 4. The lowest BCUT2D eigenvalue weighted by Crippen LogP contribution is -2.26. The molecule has 0 atom stereocenters. The van der Waals surface area contributed by atoms with Crippen LogP contribution in [0.5, 0.6) is 0 Å². The lowest BCUT2D eigenvalue weighted by Gasteiger charge is -2.22. The number of benzene rings is 1.